The number of hydrogen-bond acceptors (Lipinski definition) is 3. The molecule has 4 rings (SSSR count). The summed E-state index contributed by atoms with van der Waals surface area (Å²) in [4.78, 5) is 17.1. The van der Waals surface area contributed by atoms with Crippen molar-refractivity contribution in [3.63, 3.8) is 0 Å². The van der Waals surface area contributed by atoms with Crippen molar-refractivity contribution in [3.05, 3.63) is 78.4 Å². The minimum atomic E-state index is 0. The number of carbonyl (C=O) groups excluding carboxylic acids is 1. The molecule has 0 aliphatic carbocycles. The van der Waals surface area contributed by atoms with Crippen LogP contribution in [0.3, 0.4) is 0 Å². The number of carbonyl (C=O) groups is 1. The average Bonchev–Trinajstić information content (AvgIpc) is 2.79. The lowest BCUT2D eigenvalue weighted by atomic mass is 10.1. The maximum Gasteiger partial charge on any atom is 0.251 e. The number of hydrogen-bond donors (Lipinski definition) is 1. The average molecular weight is 404 g/mol. The van der Waals surface area contributed by atoms with Gasteiger partial charge < -0.3 is 10.2 Å². The first-order valence-corrected chi connectivity index (χ1v) is 10.6. The molecular weight excluding hydrogens is 370 g/mol. The Morgan fingerprint density at radius 3 is 2.30 bits per heavy atom. The Morgan fingerprint density at radius 1 is 0.800 bits per heavy atom. The van der Waals surface area contributed by atoms with Crippen LogP contribution in [-0.4, -0.2) is 50.1 Å². The lowest BCUT2D eigenvalue weighted by Crippen LogP contribution is -2.46. The van der Waals surface area contributed by atoms with E-state index in [-0.39, 0.29) is 13.3 Å². The maximum absolute atomic E-state index is 12.0. The normalized spacial score (nSPS) is 14.3. The quantitative estimate of drug-likeness (QED) is 0.575. The van der Waals surface area contributed by atoms with E-state index in [9.17, 15) is 4.79 Å². The second-order valence-corrected chi connectivity index (χ2v) is 7.66. The summed E-state index contributed by atoms with van der Waals surface area (Å²) in [6.45, 7) is 6.17. The number of amides is 1. The van der Waals surface area contributed by atoms with Crippen molar-refractivity contribution in [2.45, 2.75) is 20.3 Å². The van der Waals surface area contributed by atoms with E-state index < -0.39 is 0 Å². The van der Waals surface area contributed by atoms with Crippen molar-refractivity contribution in [2.75, 3.05) is 44.2 Å². The molecule has 0 saturated carbocycles. The smallest absolute Gasteiger partial charge is 0.251 e. The Balaban J connectivity index is 0.00000256. The number of nitrogens with one attached hydrogen (secondary N) is 1. The number of nitrogens with zero attached hydrogens (tertiary/aromatic N) is 2. The van der Waals surface area contributed by atoms with Gasteiger partial charge in [0.15, 0.2) is 0 Å². The molecule has 4 heteroatoms. The first-order valence-electron chi connectivity index (χ1n) is 10.6. The van der Waals surface area contributed by atoms with E-state index in [1.54, 1.807) is 0 Å². The fraction of sp³-hybridized carbons (Fsp3) is 0.346. The zero-order valence-electron chi connectivity index (χ0n) is 16.9. The van der Waals surface area contributed by atoms with Crippen LogP contribution in [0, 0.1) is 0 Å². The predicted octanol–water partition coefficient (Wildman–Crippen LogP) is 4.81. The summed E-state index contributed by atoms with van der Waals surface area (Å²) in [5.74, 6) is 0.0225. The summed E-state index contributed by atoms with van der Waals surface area (Å²) >= 11 is 0. The summed E-state index contributed by atoms with van der Waals surface area (Å²) in [5, 5.41) is 5.67. The molecule has 1 saturated heterocycles. The molecule has 0 bridgehead atoms. The van der Waals surface area contributed by atoms with Crippen molar-refractivity contribution >= 4 is 22.4 Å². The Labute approximate surface area is 180 Å². The molecule has 3 aromatic carbocycles. The van der Waals surface area contributed by atoms with Gasteiger partial charge in [-0.3, -0.25) is 9.69 Å². The van der Waals surface area contributed by atoms with Crippen LogP contribution in [0.15, 0.2) is 72.8 Å². The highest BCUT2D eigenvalue weighted by Gasteiger charge is 2.18. The maximum atomic E-state index is 12.0. The van der Waals surface area contributed by atoms with Crippen LogP contribution in [-0.2, 0) is 0 Å². The van der Waals surface area contributed by atoms with E-state index in [4.69, 9.17) is 0 Å². The van der Waals surface area contributed by atoms with E-state index in [1.165, 1.54) is 16.5 Å². The molecule has 0 unspecified atom stereocenters. The molecule has 1 fully saturated rings. The summed E-state index contributed by atoms with van der Waals surface area (Å²) in [6, 6.07) is 24.6. The Kier molecular flexibility index (Phi) is 7.86. The van der Waals surface area contributed by atoms with Crippen LogP contribution in [0.1, 0.15) is 30.6 Å². The third-order valence-corrected chi connectivity index (χ3v) is 5.70. The molecule has 30 heavy (non-hydrogen) atoms. The van der Waals surface area contributed by atoms with Gasteiger partial charge in [0.05, 0.1) is 0 Å². The monoisotopic (exact) mass is 403 g/mol. The first-order chi connectivity index (χ1) is 14.3. The lowest BCUT2D eigenvalue weighted by Gasteiger charge is -2.36. The lowest BCUT2D eigenvalue weighted by molar-refractivity contribution is 0.0952. The van der Waals surface area contributed by atoms with E-state index >= 15 is 0 Å². The van der Waals surface area contributed by atoms with Crippen molar-refractivity contribution in [1.29, 1.82) is 0 Å². The fourth-order valence-corrected chi connectivity index (χ4v) is 4.05. The van der Waals surface area contributed by atoms with Crippen LogP contribution in [0.2, 0.25) is 0 Å². The van der Waals surface area contributed by atoms with E-state index in [2.05, 4.69) is 57.6 Å². The van der Waals surface area contributed by atoms with Crippen molar-refractivity contribution in [2.24, 2.45) is 0 Å². The van der Waals surface area contributed by atoms with Gasteiger partial charge in [-0.15, -0.1) is 0 Å². The summed E-state index contributed by atoms with van der Waals surface area (Å²) in [7, 11) is 0. The Hall–Kier alpha value is -2.85. The number of fused-ring (bicyclic) bond motifs is 1. The largest absolute Gasteiger partial charge is 0.368 e. The third-order valence-electron chi connectivity index (χ3n) is 5.70. The second kappa shape index (κ2) is 10.8. The van der Waals surface area contributed by atoms with Gasteiger partial charge in [0, 0.05) is 49.4 Å². The van der Waals surface area contributed by atoms with E-state index in [1.807, 2.05) is 30.3 Å². The molecule has 0 atom stereocenters. The van der Waals surface area contributed by atoms with Gasteiger partial charge in [-0.1, -0.05) is 62.0 Å². The van der Waals surface area contributed by atoms with Gasteiger partial charge in [0.25, 0.3) is 5.91 Å². The molecule has 0 spiro atoms. The molecule has 1 heterocycles. The highest BCUT2D eigenvalue weighted by atomic mass is 16.1. The first kappa shape index (κ1) is 21.8. The van der Waals surface area contributed by atoms with Crippen molar-refractivity contribution < 1.29 is 4.79 Å². The summed E-state index contributed by atoms with van der Waals surface area (Å²) in [6.07, 6.45) is 2.13. The van der Waals surface area contributed by atoms with E-state index in [0.29, 0.717) is 0 Å². The molecule has 0 aromatic heterocycles. The fourth-order valence-electron chi connectivity index (χ4n) is 4.05. The summed E-state index contributed by atoms with van der Waals surface area (Å²) in [5.41, 5.74) is 2.09. The van der Waals surface area contributed by atoms with Crippen LogP contribution < -0.4 is 10.2 Å². The molecule has 1 aliphatic rings. The Bertz CT molecular complexity index is 928. The third kappa shape index (κ3) is 5.39. The molecule has 3 aromatic rings. The van der Waals surface area contributed by atoms with Crippen LogP contribution in [0.25, 0.3) is 10.8 Å². The molecule has 4 nitrogen and oxygen atoms in total. The minimum Gasteiger partial charge on any atom is -0.368 e. The minimum absolute atomic E-state index is 0. The molecule has 1 aliphatic heterocycles. The zero-order valence-corrected chi connectivity index (χ0v) is 16.9. The number of benzene rings is 3. The van der Waals surface area contributed by atoms with E-state index in [0.717, 1.165) is 57.7 Å². The Morgan fingerprint density at radius 2 is 1.50 bits per heavy atom. The van der Waals surface area contributed by atoms with Gasteiger partial charge in [0.1, 0.15) is 0 Å². The molecule has 1 amide bonds. The second-order valence-electron chi connectivity index (χ2n) is 7.66. The highest BCUT2D eigenvalue weighted by Crippen LogP contribution is 2.27. The molecule has 158 valence electrons. The molecule has 1 N–H and O–H groups in total. The van der Waals surface area contributed by atoms with Gasteiger partial charge in [0.2, 0.25) is 0 Å². The van der Waals surface area contributed by atoms with Gasteiger partial charge in [-0.2, -0.15) is 0 Å². The molecular formula is C26H33N3O. The standard InChI is InChI=1S/C25H29N3O.CH4/c29-25(22-10-2-1-3-11-22)26-15-6-7-16-27-17-19-28(20-18-27)24-14-8-12-21-9-4-5-13-23(21)24;/h1-5,8-14H,6-7,15-20H2,(H,26,29);1H4. The van der Waals surface area contributed by atoms with Crippen LogP contribution in [0.4, 0.5) is 5.69 Å². The topological polar surface area (TPSA) is 35.6 Å². The number of rotatable bonds is 7. The van der Waals surface area contributed by atoms with Gasteiger partial charge >= 0.3 is 0 Å². The number of unbranched alkanes of at least 4 members (excludes halogenated alkanes) is 1. The van der Waals surface area contributed by atoms with Crippen molar-refractivity contribution in [1.82, 2.24) is 10.2 Å². The molecule has 0 radical (unpaired) electrons. The van der Waals surface area contributed by atoms with Crippen LogP contribution in [0.5, 0.6) is 0 Å². The number of piperazine rings is 1. The zero-order chi connectivity index (χ0) is 19.9. The van der Waals surface area contributed by atoms with Crippen LogP contribution >= 0.6 is 0 Å². The van der Waals surface area contributed by atoms with Crippen molar-refractivity contribution in [3.8, 4) is 0 Å². The number of anilines is 1. The predicted molar refractivity (Wildman–Crippen MR) is 127 cm³/mol. The highest BCUT2D eigenvalue weighted by molar-refractivity contribution is 5.94. The van der Waals surface area contributed by atoms with Gasteiger partial charge in [-0.25, -0.2) is 0 Å². The summed E-state index contributed by atoms with van der Waals surface area (Å²) < 4.78 is 0. The van der Waals surface area contributed by atoms with Gasteiger partial charge in [-0.05, 0) is 43.0 Å². The SMILES string of the molecule is C.O=C(NCCCCN1CCN(c2cccc3ccccc23)CC1)c1ccccc1.